The number of benzene rings is 1. The van der Waals surface area contributed by atoms with Gasteiger partial charge in [-0.1, -0.05) is 17.7 Å². The number of piperazine rings is 1. The Labute approximate surface area is 146 Å². The molecule has 1 aliphatic rings. The number of hydrogen-bond donors (Lipinski definition) is 1. The van der Waals surface area contributed by atoms with E-state index in [4.69, 9.17) is 0 Å². The van der Waals surface area contributed by atoms with Crippen molar-refractivity contribution >= 4 is 23.5 Å². The van der Waals surface area contributed by atoms with Crippen LogP contribution in [0.25, 0.3) is 0 Å². The highest BCUT2D eigenvalue weighted by Crippen LogP contribution is 2.15. The fraction of sp³-hybridized carbons (Fsp3) is 0.333. The molecule has 2 heterocycles. The van der Waals surface area contributed by atoms with E-state index in [1.807, 2.05) is 36.1 Å². The van der Waals surface area contributed by atoms with Gasteiger partial charge in [0.2, 0.25) is 5.91 Å². The predicted molar refractivity (Wildman–Crippen MR) is 95.6 cm³/mol. The Bertz CT molecular complexity index is 767. The van der Waals surface area contributed by atoms with Crippen LogP contribution >= 0.6 is 0 Å². The van der Waals surface area contributed by atoms with E-state index in [1.165, 1.54) is 0 Å². The molecule has 2 amide bonds. The zero-order valence-electron chi connectivity index (χ0n) is 14.4. The lowest BCUT2D eigenvalue weighted by molar-refractivity contribution is -0.129. The molecule has 1 saturated heterocycles. The van der Waals surface area contributed by atoms with E-state index >= 15 is 0 Å². The lowest BCUT2D eigenvalue weighted by Crippen LogP contribution is -2.48. The smallest absolute Gasteiger partial charge is 0.256 e. The lowest BCUT2D eigenvalue weighted by Gasteiger charge is -2.34. The van der Waals surface area contributed by atoms with Gasteiger partial charge in [0.15, 0.2) is 11.6 Å². The summed E-state index contributed by atoms with van der Waals surface area (Å²) in [4.78, 5) is 27.5. The number of nitrogens with one attached hydrogen (secondary N) is 1. The van der Waals surface area contributed by atoms with E-state index in [2.05, 4.69) is 20.4 Å². The Balaban J connectivity index is 1.61. The van der Waals surface area contributed by atoms with Gasteiger partial charge in [-0.05, 0) is 31.2 Å². The molecule has 1 aromatic heterocycles. The summed E-state index contributed by atoms with van der Waals surface area (Å²) in [6.45, 7) is 6.34. The molecular formula is C18H21N5O2. The minimum atomic E-state index is -0.208. The molecule has 0 atom stereocenters. The highest BCUT2D eigenvalue weighted by Gasteiger charge is 2.19. The summed E-state index contributed by atoms with van der Waals surface area (Å²) in [6, 6.07) is 11.0. The number of carbonyl (C=O) groups excluding carboxylic acids is 2. The van der Waals surface area contributed by atoms with Crippen LogP contribution in [-0.2, 0) is 4.79 Å². The number of carbonyl (C=O) groups is 2. The number of aryl methyl sites for hydroxylation is 1. The molecule has 1 N–H and O–H groups in total. The third-order valence-corrected chi connectivity index (χ3v) is 4.22. The zero-order chi connectivity index (χ0) is 17.8. The van der Waals surface area contributed by atoms with Crippen LogP contribution in [0.15, 0.2) is 36.4 Å². The average molecular weight is 339 g/mol. The van der Waals surface area contributed by atoms with Crippen LogP contribution in [-0.4, -0.2) is 53.1 Å². The number of amides is 2. The summed E-state index contributed by atoms with van der Waals surface area (Å²) in [5, 5.41) is 11.0. The monoisotopic (exact) mass is 339 g/mol. The predicted octanol–water partition coefficient (Wildman–Crippen LogP) is 1.71. The van der Waals surface area contributed by atoms with Crippen molar-refractivity contribution in [1.82, 2.24) is 15.1 Å². The summed E-state index contributed by atoms with van der Waals surface area (Å²) >= 11 is 0. The lowest BCUT2D eigenvalue weighted by atomic mass is 10.1. The fourth-order valence-corrected chi connectivity index (χ4v) is 2.79. The zero-order valence-corrected chi connectivity index (χ0v) is 14.4. The molecule has 7 nitrogen and oxygen atoms in total. The molecule has 3 rings (SSSR count). The molecule has 1 aromatic carbocycles. The molecule has 0 spiro atoms. The highest BCUT2D eigenvalue weighted by atomic mass is 16.2. The van der Waals surface area contributed by atoms with Crippen molar-refractivity contribution in [3.05, 3.63) is 47.5 Å². The first kappa shape index (κ1) is 16.9. The number of rotatable bonds is 3. The van der Waals surface area contributed by atoms with Gasteiger partial charge < -0.3 is 15.1 Å². The second-order valence-electron chi connectivity index (χ2n) is 6.09. The third-order valence-electron chi connectivity index (χ3n) is 4.22. The van der Waals surface area contributed by atoms with Crippen LogP contribution in [0, 0.1) is 6.92 Å². The van der Waals surface area contributed by atoms with Crippen molar-refractivity contribution < 1.29 is 9.59 Å². The molecule has 0 unspecified atom stereocenters. The first-order valence-corrected chi connectivity index (χ1v) is 8.25. The Morgan fingerprint density at radius 2 is 1.80 bits per heavy atom. The standard InChI is InChI=1S/C18H21N5O2/c1-13-4-3-5-15(12-13)18(25)19-16-6-7-17(21-20-16)23-10-8-22(9-11-23)14(2)24/h3-7,12H,8-11H2,1-2H3,(H,19,20,25). The van der Waals surface area contributed by atoms with Crippen molar-refractivity contribution in [2.45, 2.75) is 13.8 Å². The Morgan fingerprint density at radius 3 is 2.40 bits per heavy atom. The van der Waals surface area contributed by atoms with E-state index in [0.29, 0.717) is 24.5 Å². The quantitative estimate of drug-likeness (QED) is 0.921. The molecule has 25 heavy (non-hydrogen) atoms. The van der Waals surface area contributed by atoms with E-state index in [-0.39, 0.29) is 11.8 Å². The first-order valence-electron chi connectivity index (χ1n) is 8.25. The molecule has 2 aromatic rings. The maximum absolute atomic E-state index is 12.2. The summed E-state index contributed by atoms with van der Waals surface area (Å²) in [5.41, 5.74) is 1.62. The Kier molecular flexibility index (Phi) is 4.92. The van der Waals surface area contributed by atoms with Gasteiger partial charge in [-0.15, -0.1) is 10.2 Å². The highest BCUT2D eigenvalue weighted by molar-refractivity contribution is 6.03. The molecule has 0 aliphatic carbocycles. The van der Waals surface area contributed by atoms with Gasteiger partial charge in [-0.2, -0.15) is 0 Å². The number of nitrogens with zero attached hydrogens (tertiary/aromatic N) is 4. The van der Waals surface area contributed by atoms with E-state index in [9.17, 15) is 9.59 Å². The average Bonchev–Trinajstić information content (AvgIpc) is 2.62. The van der Waals surface area contributed by atoms with Gasteiger partial charge in [0.05, 0.1) is 0 Å². The van der Waals surface area contributed by atoms with Crippen LogP contribution in [0.5, 0.6) is 0 Å². The number of hydrogen-bond acceptors (Lipinski definition) is 5. The second-order valence-corrected chi connectivity index (χ2v) is 6.09. The van der Waals surface area contributed by atoms with Crippen molar-refractivity contribution in [3.63, 3.8) is 0 Å². The molecule has 1 fully saturated rings. The summed E-state index contributed by atoms with van der Waals surface area (Å²) in [7, 11) is 0. The molecular weight excluding hydrogens is 318 g/mol. The number of aromatic nitrogens is 2. The molecule has 1 aliphatic heterocycles. The third kappa shape index (κ3) is 4.12. The Morgan fingerprint density at radius 1 is 1.04 bits per heavy atom. The topological polar surface area (TPSA) is 78.4 Å². The second kappa shape index (κ2) is 7.29. The fourth-order valence-electron chi connectivity index (χ4n) is 2.79. The Hall–Kier alpha value is -2.96. The maximum Gasteiger partial charge on any atom is 0.256 e. The minimum Gasteiger partial charge on any atom is -0.352 e. The van der Waals surface area contributed by atoms with E-state index < -0.39 is 0 Å². The minimum absolute atomic E-state index is 0.0972. The molecule has 0 bridgehead atoms. The van der Waals surface area contributed by atoms with Crippen molar-refractivity contribution in [3.8, 4) is 0 Å². The summed E-state index contributed by atoms with van der Waals surface area (Å²) in [6.07, 6.45) is 0. The van der Waals surface area contributed by atoms with Crippen LogP contribution in [0.4, 0.5) is 11.6 Å². The van der Waals surface area contributed by atoms with Gasteiger partial charge in [0.25, 0.3) is 5.91 Å². The summed E-state index contributed by atoms with van der Waals surface area (Å²) in [5.74, 6) is 1.05. The van der Waals surface area contributed by atoms with Gasteiger partial charge >= 0.3 is 0 Å². The van der Waals surface area contributed by atoms with Gasteiger partial charge in [0.1, 0.15) is 0 Å². The number of anilines is 2. The van der Waals surface area contributed by atoms with Gasteiger partial charge in [0, 0.05) is 38.7 Å². The van der Waals surface area contributed by atoms with E-state index in [0.717, 1.165) is 24.5 Å². The van der Waals surface area contributed by atoms with E-state index in [1.54, 1.807) is 19.1 Å². The first-order chi connectivity index (χ1) is 12.0. The SMILES string of the molecule is CC(=O)N1CCN(c2ccc(NC(=O)c3cccc(C)c3)nn2)CC1. The maximum atomic E-state index is 12.2. The van der Waals surface area contributed by atoms with Crippen molar-refractivity contribution in [1.29, 1.82) is 0 Å². The van der Waals surface area contributed by atoms with Crippen molar-refractivity contribution in [2.24, 2.45) is 0 Å². The molecule has 0 saturated carbocycles. The van der Waals surface area contributed by atoms with Crippen LogP contribution in [0.2, 0.25) is 0 Å². The molecule has 130 valence electrons. The van der Waals surface area contributed by atoms with Crippen LogP contribution in [0.3, 0.4) is 0 Å². The van der Waals surface area contributed by atoms with Crippen molar-refractivity contribution in [2.75, 3.05) is 36.4 Å². The summed E-state index contributed by atoms with van der Waals surface area (Å²) < 4.78 is 0. The van der Waals surface area contributed by atoms with Gasteiger partial charge in [-0.25, -0.2) is 0 Å². The van der Waals surface area contributed by atoms with Gasteiger partial charge in [-0.3, -0.25) is 9.59 Å². The molecule has 0 radical (unpaired) electrons. The van der Waals surface area contributed by atoms with Crippen LogP contribution < -0.4 is 10.2 Å². The normalized spacial score (nSPS) is 14.3. The molecule has 7 heteroatoms. The van der Waals surface area contributed by atoms with Crippen LogP contribution in [0.1, 0.15) is 22.8 Å². The largest absolute Gasteiger partial charge is 0.352 e.